The Balaban J connectivity index is 1.63. The Morgan fingerprint density at radius 3 is 3.04 bits per heavy atom. The van der Waals surface area contributed by atoms with Gasteiger partial charge >= 0.3 is 0 Å². The first-order chi connectivity index (χ1) is 11.8. The van der Waals surface area contributed by atoms with Gasteiger partial charge in [-0.15, -0.1) is 0 Å². The monoisotopic (exact) mass is 329 g/mol. The summed E-state index contributed by atoms with van der Waals surface area (Å²) in [7, 11) is 0. The highest BCUT2D eigenvalue weighted by Gasteiger charge is 2.25. The second-order valence-corrected chi connectivity index (χ2v) is 5.77. The Labute approximate surface area is 141 Å². The molecule has 1 aromatic carbocycles. The minimum absolute atomic E-state index is 0.0819. The van der Waals surface area contributed by atoms with Crippen LogP contribution in [0.5, 0.6) is 0 Å². The fourth-order valence-corrected chi connectivity index (χ4v) is 2.79. The maximum Gasteiger partial charge on any atom is 0.246 e. The minimum atomic E-state index is -0.198. The number of benzene rings is 1. The Bertz CT molecular complexity index is 669. The van der Waals surface area contributed by atoms with Gasteiger partial charge in [0.2, 0.25) is 5.91 Å². The van der Waals surface area contributed by atoms with Crippen molar-refractivity contribution in [3.63, 3.8) is 0 Å². The molecule has 0 saturated heterocycles. The number of nitrogens with zero attached hydrogens (tertiary/aromatic N) is 2. The number of amides is 1. The van der Waals surface area contributed by atoms with Gasteiger partial charge in [0.15, 0.2) is 0 Å². The van der Waals surface area contributed by atoms with E-state index < -0.39 is 0 Å². The number of hydrogen-bond acceptors (Lipinski definition) is 4. The van der Waals surface area contributed by atoms with Gasteiger partial charge in [-0.3, -0.25) is 9.48 Å². The first kappa shape index (κ1) is 16.7. The Hall–Kier alpha value is -2.18. The van der Waals surface area contributed by atoms with Crippen molar-refractivity contribution in [3.05, 3.63) is 53.3 Å². The van der Waals surface area contributed by atoms with Crippen molar-refractivity contribution >= 4 is 5.91 Å². The lowest BCUT2D eigenvalue weighted by molar-refractivity contribution is -0.126. The molecule has 2 heterocycles. The third-order valence-electron chi connectivity index (χ3n) is 3.97. The van der Waals surface area contributed by atoms with E-state index in [1.807, 2.05) is 29.8 Å². The SMILES string of the molecule is CCOCC(=O)NC[C@H]1OCCc2cn(Cc3ccccc3)nc21. The van der Waals surface area contributed by atoms with E-state index in [-0.39, 0.29) is 18.6 Å². The van der Waals surface area contributed by atoms with Crippen LogP contribution in [0.2, 0.25) is 0 Å². The lowest BCUT2D eigenvalue weighted by atomic mass is 10.1. The van der Waals surface area contributed by atoms with Crippen molar-refractivity contribution < 1.29 is 14.3 Å². The molecule has 6 nitrogen and oxygen atoms in total. The summed E-state index contributed by atoms with van der Waals surface area (Å²) in [4.78, 5) is 11.7. The van der Waals surface area contributed by atoms with Crippen molar-refractivity contribution in [2.75, 3.05) is 26.4 Å². The van der Waals surface area contributed by atoms with E-state index >= 15 is 0 Å². The van der Waals surface area contributed by atoms with Crippen LogP contribution in [0.25, 0.3) is 0 Å². The topological polar surface area (TPSA) is 65.4 Å². The summed E-state index contributed by atoms with van der Waals surface area (Å²) in [6.07, 6.45) is 2.74. The van der Waals surface area contributed by atoms with Gasteiger partial charge in [-0.1, -0.05) is 30.3 Å². The van der Waals surface area contributed by atoms with E-state index in [0.29, 0.717) is 19.8 Å². The molecule has 24 heavy (non-hydrogen) atoms. The average Bonchev–Trinajstić information content (AvgIpc) is 3.02. The maximum absolute atomic E-state index is 11.7. The van der Waals surface area contributed by atoms with Gasteiger partial charge in [-0.25, -0.2) is 0 Å². The maximum atomic E-state index is 11.7. The number of aromatic nitrogens is 2. The van der Waals surface area contributed by atoms with E-state index in [1.54, 1.807) is 0 Å². The van der Waals surface area contributed by atoms with E-state index in [2.05, 4.69) is 28.7 Å². The second kappa shape index (κ2) is 8.08. The van der Waals surface area contributed by atoms with E-state index in [0.717, 1.165) is 18.7 Å². The number of carbonyl (C=O) groups is 1. The Morgan fingerprint density at radius 1 is 1.42 bits per heavy atom. The number of carbonyl (C=O) groups excluding carboxylic acids is 1. The van der Waals surface area contributed by atoms with E-state index in [9.17, 15) is 4.79 Å². The molecule has 3 rings (SSSR count). The van der Waals surface area contributed by atoms with Crippen LogP contribution in [0.4, 0.5) is 0 Å². The van der Waals surface area contributed by atoms with Crippen molar-refractivity contribution in [3.8, 4) is 0 Å². The molecule has 6 heteroatoms. The third kappa shape index (κ3) is 4.21. The summed E-state index contributed by atoms with van der Waals surface area (Å²) in [5.41, 5.74) is 3.33. The summed E-state index contributed by atoms with van der Waals surface area (Å²) < 4.78 is 12.8. The standard InChI is InChI=1S/C18H23N3O3/c1-2-23-13-17(22)19-10-16-18-15(8-9-24-16)12-21(20-18)11-14-6-4-3-5-7-14/h3-7,12,16H,2,8-11,13H2,1H3,(H,19,22)/t16-/m1/s1. The molecule has 1 aliphatic heterocycles. The molecule has 128 valence electrons. The van der Waals surface area contributed by atoms with Crippen LogP contribution in [-0.4, -0.2) is 42.1 Å². The zero-order valence-corrected chi connectivity index (χ0v) is 13.9. The molecule has 0 radical (unpaired) electrons. The number of ether oxygens (including phenoxy) is 2. The van der Waals surface area contributed by atoms with Crippen molar-refractivity contribution in [1.29, 1.82) is 0 Å². The van der Waals surface area contributed by atoms with Crippen LogP contribution >= 0.6 is 0 Å². The van der Waals surface area contributed by atoms with Gasteiger partial charge in [0.25, 0.3) is 0 Å². The molecule has 1 aliphatic rings. The minimum Gasteiger partial charge on any atom is -0.372 e. The summed E-state index contributed by atoms with van der Waals surface area (Å²) in [6, 6.07) is 10.2. The zero-order valence-electron chi connectivity index (χ0n) is 13.9. The summed E-state index contributed by atoms with van der Waals surface area (Å²) in [5, 5.41) is 7.53. The molecule has 1 amide bonds. The highest BCUT2D eigenvalue weighted by molar-refractivity contribution is 5.77. The summed E-state index contributed by atoms with van der Waals surface area (Å²) >= 11 is 0. The van der Waals surface area contributed by atoms with Crippen LogP contribution in [0, 0.1) is 0 Å². The zero-order chi connectivity index (χ0) is 16.8. The molecule has 1 atom stereocenters. The first-order valence-electron chi connectivity index (χ1n) is 8.32. The summed E-state index contributed by atoms with van der Waals surface area (Å²) in [6.45, 7) is 4.28. The normalized spacial score (nSPS) is 16.6. The van der Waals surface area contributed by atoms with Crippen LogP contribution in [0.3, 0.4) is 0 Å². The quantitative estimate of drug-likeness (QED) is 0.840. The third-order valence-corrected chi connectivity index (χ3v) is 3.97. The van der Waals surface area contributed by atoms with Gasteiger partial charge in [0.1, 0.15) is 12.7 Å². The van der Waals surface area contributed by atoms with Gasteiger partial charge in [-0.2, -0.15) is 5.10 Å². The fraction of sp³-hybridized carbons (Fsp3) is 0.444. The predicted molar refractivity (Wildman–Crippen MR) is 89.7 cm³/mol. The summed E-state index contributed by atoms with van der Waals surface area (Å²) in [5.74, 6) is -0.128. The van der Waals surface area contributed by atoms with Gasteiger partial charge < -0.3 is 14.8 Å². The largest absolute Gasteiger partial charge is 0.372 e. The molecule has 2 aromatic rings. The Kier molecular flexibility index (Phi) is 5.61. The number of rotatable bonds is 7. The number of hydrogen-bond donors (Lipinski definition) is 1. The highest BCUT2D eigenvalue weighted by atomic mass is 16.5. The molecule has 0 bridgehead atoms. The Morgan fingerprint density at radius 2 is 2.25 bits per heavy atom. The molecule has 0 saturated carbocycles. The van der Waals surface area contributed by atoms with Gasteiger partial charge in [0.05, 0.1) is 18.8 Å². The van der Waals surface area contributed by atoms with Gasteiger partial charge in [-0.05, 0) is 24.5 Å². The predicted octanol–water partition coefficient (Wildman–Crippen LogP) is 1.70. The first-order valence-corrected chi connectivity index (χ1v) is 8.32. The van der Waals surface area contributed by atoms with Crippen LogP contribution in [-0.2, 0) is 27.2 Å². The highest BCUT2D eigenvalue weighted by Crippen LogP contribution is 2.25. The van der Waals surface area contributed by atoms with Crippen molar-refractivity contribution in [2.45, 2.75) is 26.0 Å². The number of nitrogens with one attached hydrogen (secondary N) is 1. The van der Waals surface area contributed by atoms with Crippen molar-refractivity contribution in [2.24, 2.45) is 0 Å². The van der Waals surface area contributed by atoms with Gasteiger partial charge in [0, 0.05) is 19.3 Å². The molecular formula is C18H23N3O3. The molecule has 0 fully saturated rings. The van der Waals surface area contributed by atoms with Crippen molar-refractivity contribution in [1.82, 2.24) is 15.1 Å². The molecule has 0 spiro atoms. The average molecular weight is 329 g/mol. The van der Waals surface area contributed by atoms with E-state index in [1.165, 1.54) is 11.1 Å². The lowest BCUT2D eigenvalue weighted by Crippen LogP contribution is -2.34. The molecule has 0 aliphatic carbocycles. The van der Waals surface area contributed by atoms with Crippen LogP contribution < -0.4 is 5.32 Å². The molecular weight excluding hydrogens is 306 g/mol. The van der Waals surface area contributed by atoms with E-state index in [4.69, 9.17) is 9.47 Å². The second-order valence-electron chi connectivity index (χ2n) is 5.77. The molecule has 0 unspecified atom stereocenters. The fourth-order valence-electron chi connectivity index (χ4n) is 2.79. The lowest BCUT2D eigenvalue weighted by Gasteiger charge is -2.22. The number of fused-ring (bicyclic) bond motifs is 1. The van der Waals surface area contributed by atoms with Crippen LogP contribution in [0.15, 0.2) is 36.5 Å². The van der Waals surface area contributed by atoms with Crippen LogP contribution in [0.1, 0.15) is 29.8 Å². The molecule has 1 N–H and O–H groups in total. The molecule has 1 aromatic heterocycles. The smallest absolute Gasteiger partial charge is 0.246 e.